The maximum Gasteiger partial charge on any atom is 0.323 e. The van der Waals surface area contributed by atoms with Crippen molar-refractivity contribution in [2.75, 3.05) is 27.2 Å². The number of carbonyl (C=O) groups is 1. The lowest BCUT2D eigenvalue weighted by atomic mass is 10.5. The van der Waals surface area contributed by atoms with Gasteiger partial charge in [-0.25, -0.2) is 0 Å². The van der Waals surface area contributed by atoms with E-state index in [1.165, 1.54) is 11.9 Å². The molecule has 1 aliphatic rings. The van der Waals surface area contributed by atoms with Gasteiger partial charge in [0.2, 0.25) is 5.96 Å². The van der Waals surface area contributed by atoms with E-state index in [1.54, 1.807) is 11.9 Å². The van der Waals surface area contributed by atoms with Crippen molar-refractivity contribution < 1.29 is 9.90 Å². The van der Waals surface area contributed by atoms with Crippen LogP contribution in [0.3, 0.4) is 0 Å². The van der Waals surface area contributed by atoms with Gasteiger partial charge in [0.15, 0.2) is 11.8 Å². The summed E-state index contributed by atoms with van der Waals surface area (Å²) in [5, 5.41) is 15.9. The van der Waals surface area contributed by atoms with Gasteiger partial charge in [-0.15, -0.1) is 0 Å². The summed E-state index contributed by atoms with van der Waals surface area (Å²) in [4.78, 5) is 21.1. The number of likely N-dealkylation sites (N-methyl/N-ethyl adjacent to an activating group) is 2. The van der Waals surface area contributed by atoms with E-state index in [-0.39, 0.29) is 18.5 Å². The molecule has 0 spiro atoms. The second kappa shape index (κ2) is 4.60. The standard InChI is InChI=1S/C8H14N6O2/c1-13-3-5(11-7(13)9)12-8(10)14(2)4-6(15)16/h3-4H2,1-2H3,(H,15,16)(H3,9,10,11,12). The van der Waals surface area contributed by atoms with E-state index in [0.29, 0.717) is 12.4 Å². The number of nitrogens with zero attached hydrogens (tertiary/aromatic N) is 4. The fourth-order valence-electron chi connectivity index (χ4n) is 1.09. The van der Waals surface area contributed by atoms with Gasteiger partial charge in [0, 0.05) is 14.1 Å². The molecule has 0 saturated heterocycles. The number of nitrogens with two attached hydrogens (primary N) is 1. The number of carboxylic acid groups (broad SMARTS) is 1. The highest BCUT2D eigenvalue weighted by atomic mass is 16.4. The Balaban J connectivity index is 2.67. The van der Waals surface area contributed by atoms with Crippen LogP contribution in [-0.2, 0) is 4.79 Å². The Bertz CT molecular complexity index is 375. The van der Waals surface area contributed by atoms with Crippen LogP contribution >= 0.6 is 0 Å². The molecule has 0 aromatic rings. The molecule has 88 valence electrons. The van der Waals surface area contributed by atoms with Crippen molar-refractivity contribution in [1.29, 1.82) is 5.41 Å². The zero-order valence-electron chi connectivity index (χ0n) is 9.14. The maximum absolute atomic E-state index is 10.4. The quantitative estimate of drug-likeness (QED) is 0.395. The molecule has 0 bridgehead atoms. The molecule has 0 amide bonds. The first-order valence-electron chi connectivity index (χ1n) is 4.54. The highest BCUT2D eigenvalue weighted by Gasteiger charge is 2.17. The molecule has 0 aromatic carbocycles. The normalized spacial score (nSPS) is 16.4. The molecule has 8 nitrogen and oxygen atoms in total. The molecule has 8 heteroatoms. The van der Waals surface area contributed by atoms with E-state index in [9.17, 15) is 4.79 Å². The Hall–Kier alpha value is -2.12. The summed E-state index contributed by atoms with van der Waals surface area (Å²) in [5.41, 5.74) is 5.58. The Morgan fingerprint density at radius 3 is 2.88 bits per heavy atom. The number of carboxylic acids is 1. The molecule has 1 aliphatic heterocycles. The van der Waals surface area contributed by atoms with Gasteiger partial charge >= 0.3 is 5.97 Å². The van der Waals surface area contributed by atoms with Gasteiger partial charge in [0.25, 0.3) is 0 Å². The van der Waals surface area contributed by atoms with Crippen molar-refractivity contribution in [3.05, 3.63) is 0 Å². The van der Waals surface area contributed by atoms with Crippen LogP contribution in [0.5, 0.6) is 0 Å². The van der Waals surface area contributed by atoms with Gasteiger partial charge < -0.3 is 20.6 Å². The Morgan fingerprint density at radius 1 is 1.81 bits per heavy atom. The van der Waals surface area contributed by atoms with Gasteiger partial charge in [-0.1, -0.05) is 0 Å². The number of amidine groups is 1. The predicted molar refractivity (Wildman–Crippen MR) is 59.7 cm³/mol. The minimum atomic E-state index is -0.987. The minimum absolute atomic E-state index is 0.0734. The van der Waals surface area contributed by atoms with Gasteiger partial charge in [-0.2, -0.15) is 9.98 Å². The topological polar surface area (TPSA) is 118 Å². The van der Waals surface area contributed by atoms with Crippen LogP contribution in [0.1, 0.15) is 0 Å². The summed E-state index contributed by atoms with van der Waals surface area (Å²) in [5.74, 6) is -0.391. The summed E-state index contributed by atoms with van der Waals surface area (Å²) in [6.07, 6.45) is 0. The van der Waals surface area contributed by atoms with Crippen molar-refractivity contribution >= 4 is 23.7 Å². The molecule has 0 aromatic heterocycles. The average molecular weight is 226 g/mol. The van der Waals surface area contributed by atoms with Gasteiger partial charge in [-0.3, -0.25) is 10.2 Å². The van der Waals surface area contributed by atoms with Gasteiger partial charge in [-0.05, 0) is 0 Å². The van der Waals surface area contributed by atoms with Gasteiger partial charge in [0.05, 0.1) is 6.54 Å². The van der Waals surface area contributed by atoms with Crippen LogP contribution in [-0.4, -0.2) is 65.8 Å². The molecule has 0 saturated carbocycles. The Morgan fingerprint density at radius 2 is 2.44 bits per heavy atom. The van der Waals surface area contributed by atoms with E-state index in [1.807, 2.05) is 0 Å². The molecular formula is C8H14N6O2. The predicted octanol–water partition coefficient (Wildman–Crippen LogP) is -1.40. The molecule has 0 atom stereocenters. The first-order valence-corrected chi connectivity index (χ1v) is 4.54. The lowest BCUT2D eigenvalue weighted by molar-refractivity contribution is -0.137. The molecule has 1 heterocycles. The number of aliphatic imine (C=N–C) groups is 2. The maximum atomic E-state index is 10.4. The first-order chi connectivity index (χ1) is 7.40. The van der Waals surface area contributed by atoms with Crippen LogP contribution in [0.4, 0.5) is 0 Å². The number of hydrogen-bond acceptors (Lipinski definition) is 3. The monoisotopic (exact) mass is 226 g/mol. The van der Waals surface area contributed by atoms with Gasteiger partial charge in [0.1, 0.15) is 6.54 Å². The second-order valence-electron chi connectivity index (χ2n) is 3.43. The lowest BCUT2D eigenvalue weighted by Gasteiger charge is -2.14. The molecule has 0 radical (unpaired) electrons. The van der Waals surface area contributed by atoms with E-state index in [4.69, 9.17) is 16.2 Å². The minimum Gasteiger partial charge on any atom is -0.480 e. The molecule has 4 N–H and O–H groups in total. The average Bonchev–Trinajstić information content (AvgIpc) is 2.44. The van der Waals surface area contributed by atoms with Crippen LogP contribution in [0, 0.1) is 5.41 Å². The zero-order chi connectivity index (χ0) is 12.3. The Labute approximate surface area is 92.6 Å². The second-order valence-corrected chi connectivity index (χ2v) is 3.43. The Kier molecular flexibility index (Phi) is 3.44. The summed E-state index contributed by atoms with van der Waals surface area (Å²) < 4.78 is 0. The molecule has 0 aliphatic carbocycles. The van der Waals surface area contributed by atoms with Crippen LogP contribution in [0.2, 0.25) is 0 Å². The molecule has 0 unspecified atom stereocenters. The first kappa shape index (κ1) is 12.0. The number of nitrogens with one attached hydrogen (secondary N) is 1. The molecule has 1 rings (SSSR count). The lowest BCUT2D eigenvalue weighted by Crippen LogP contribution is -2.38. The largest absolute Gasteiger partial charge is 0.480 e. The molecule has 0 fully saturated rings. The van der Waals surface area contributed by atoms with E-state index >= 15 is 0 Å². The third-order valence-corrected chi connectivity index (χ3v) is 1.98. The van der Waals surface area contributed by atoms with E-state index < -0.39 is 5.97 Å². The SMILES string of the molecule is CN1CC(N=C(N)N(C)CC(=O)O)=NC1=N. The van der Waals surface area contributed by atoms with Crippen molar-refractivity contribution in [1.82, 2.24) is 9.80 Å². The third-order valence-electron chi connectivity index (χ3n) is 1.98. The number of hydrogen-bond donors (Lipinski definition) is 3. The van der Waals surface area contributed by atoms with E-state index in [2.05, 4.69) is 9.98 Å². The smallest absolute Gasteiger partial charge is 0.323 e. The van der Waals surface area contributed by atoms with Crippen molar-refractivity contribution in [3.63, 3.8) is 0 Å². The highest BCUT2D eigenvalue weighted by molar-refractivity contribution is 6.06. The zero-order valence-corrected chi connectivity index (χ0v) is 9.14. The van der Waals surface area contributed by atoms with Crippen molar-refractivity contribution in [3.8, 4) is 0 Å². The van der Waals surface area contributed by atoms with Crippen molar-refractivity contribution in [2.45, 2.75) is 0 Å². The number of aliphatic carboxylic acids is 1. The molecular weight excluding hydrogens is 212 g/mol. The summed E-state index contributed by atoms with van der Waals surface area (Å²) in [7, 11) is 3.24. The van der Waals surface area contributed by atoms with Crippen molar-refractivity contribution in [2.24, 2.45) is 15.7 Å². The summed E-state index contributed by atoms with van der Waals surface area (Å²) in [6, 6.07) is 0. The van der Waals surface area contributed by atoms with Crippen LogP contribution in [0.15, 0.2) is 9.98 Å². The number of guanidine groups is 2. The molecule has 16 heavy (non-hydrogen) atoms. The van der Waals surface area contributed by atoms with Crippen LogP contribution < -0.4 is 5.73 Å². The number of rotatable bonds is 2. The fraction of sp³-hybridized carbons (Fsp3) is 0.500. The van der Waals surface area contributed by atoms with E-state index in [0.717, 1.165) is 0 Å². The fourth-order valence-corrected chi connectivity index (χ4v) is 1.09. The van der Waals surface area contributed by atoms with Crippen LogP contribution in [0.25, 0.3) is 0 Å². The third kappa shape index (κ3) is 2.94. The highest BCUT2D eigenvalue weighted by Crippen LogP contribution is 2.01. The summed E-state index contributed by atoms with van der Waals surface area (Å²) >= 11 is 0. The summed E-state index contributed by atoms with van der Waals surface area (Å²) in [6.45, 7) is 0.177.